The summed E-state index contributed by atoms with van der Waals surface area (Å²) in [6, 6.07) is 0.384. The van der Waals surface area contributed by atoms with Crippen molar-refractivity contribution < 1.29 is 5.11 Å². The van der Waals surface area contributed by atoms with Gasteiger partial charge < -0.3 is 10.4 Å². The minimum atomic E-state index is -0.381. The predicted molar refractivity (Wildman–Crippen MR) is 53.6 cm³/mol. The highest BCUT2D eigenvalue weighted by molar-refractivity contribution is 4.97. The molecule has 1 saturated heterocycles. The normalized spacial score (nSPS) is 46.6. The fraction of sp³-hybridized carbons (Fsp3) is 1.00. The van der Waals surface area contributed by atoms with Crippen LogP contribution in [0.4, 0.5) is 0 Å². The van der Waals surface area contributed by atoms with E-state index >= 15 is 0 Å². The minimum absolute atomic E-state index is 0.381. The SMILES string of the molecule is CC1CCCC(O)(C2CCCN2)C1. The molecule has 2 nitrogen and oxygen atoms in total. The van der Waals surface area contributed by atoms with Crippen LogP contribution in [0.1, 0.15) is 45.4 Å². The molecule has 2 N–H and O–H groups in total. The van der Waals surface area contributed by atoms with Crippen molar-refractivity contribution in [2.75, 3.05) is 6.54 Å². The third-order valence-electron chi connectivity index (χ3n) is 3.72. The Balaban J connectivity index is 2.00. The van der Waals surface area contributed by atoms with E-state index in [0.717, 1.165) is 19.4 Å². The quantitative estimate of drug-likeness (QED) is 0.648. The van der Waals surface area contributed by atoms with Crippen molar-refractivity contribution in [3.8, 4) is 0 Å². The van der Waals surface area contributed by atoms with E-state index in [1.165, 1.54) is 25.7 Å². The lowest BCUT2D eigenvalue weighted by Gasteiger charge is -2.40. The number of nitrogens with one attached hydrogen (secondary N) is 1. The molecule has 0 spiro atoms. The van der Waals surface area contributed by atoms with Crippen molar-refractivity contribution in [2.45, 2.75) is 57.1 Å². The van der Waals surface area contributed by atoms with Crippen LogP contribution in [-0.2, 0) is 0 Å². The van der Waals surface area contributed by atoms with Gasteiger partial charge in [0.1, 0.15) is 0 Å². The van der Waals surface area contributed by atoms with Crippen molar-refractivity contribution in [2.24, 2.45) is 5.92 Å². The van der Waals surface area contributed by atoms with Crippen LogP contribution < -0.4 is 5.32 Å². The third kappa shape index (κ3) is 1.89. The van der Waals surface area contributed by atoms with Crippen molar-refractivity contribution in [1.82, 2.24) is 5.32 Å². The molecule has 1 heterocycles. The van der Waals surface area contributed by atoms with Gasteiger partial charge >= 0.3 is 0 Å². The summed E-state index contributed by atoms with van der Waals surface area (Å²) in [7, 11) is 0. The first-order chi connectivity index (χ1) is 6.21. The zero-order chi connectivity index (χ0) is 9.31. The highest BCUT2D eigenvalue weighted by Crippen LogP contribution is 2.36. The molecule has 1 aliphatic carbocycles. The lowest BCUT2D eigenvalue weighted by atomic mass is 9.74. The van der Waals surface area contributed by atoms with Crippen molar-refractivity contribution in [3.05, 3.63) is 0 Å². The van der Waals surface area contributed by atoms with E-state index in [2.05, 4.69) is 12.2 Å². The second-order valence-corrected chi connectivity index (χ2v) is 4.95. The van der Waals surface area contributed by atoms with Gasteiger partial charge in [-0.25, -0.2) is 0 Å². The summed E-state index contributed by atoms with van der Waals surface area (Å²) in [6.45, 7) is 3.36. The summed E-state index contributed by atoms with van der Waals surface area (Å²) in [4.78, 5) is 0. The third-order valence-corrected chi connectivity index (χ3v) is 3.72. The molecule has 13 heavy (non-hydrogen) atoms. The molecule has 0 aromatic carbocycles. The van der Waals surface area contributed by atoms with Gasteiger partial charge in [-0.05, 0) is 38.1 Å². The van der Waals surface area contributed by atoms with Gasteiger partial charge in [-0.1, -0.05) is 19.8 Å². The van der Waals surface area contributed by atoms with Crippen molar-refractivity contribution in [1.29, 1.82) is 0 Å². The lowest BCUT2D eigenvalue weighted by Crippen LogP contribution is -2.50. The van der Waals surface area contributed by atoms with E-state index in [4.69, 9.17) is 0 Å². The molecule has 3 unspecified atom stereocenters. The van der Waals surface area contributed by atoms with Crippen molar-refractivity contribution in [3.63, 3.8) is 0 Å². The van der Waals surface area contributed by atoms with Crippen LogP contribution in [0.2, 0.25) is 0 Å². The molecule has 2 rings (SSSR count). The average Bonchev–Trinajstić information content (AvgIpc) is 2.55. The molecule has 76 valence electrons. The highest BCUT2D eigenvalue weighted by Gasteiger charge is 2.40. The fourth-order valence-electron chi connectivity index (χ4n) is 3.02. The van der Waals surface area contributed by atoms with Gasteiger partial charge in [0, 0.05) is 6.04 Å². The summed E-state index contributed by atoms with van der Waals surface area (Å²) < 4.78 is 0. The van der Waals surface area contributed by atoms with Gasteiger partial charge in [-0.15, -0.1) is 0 Å². The average molecular weight is 183 g/mol. The second-order valence-electron chi connectivity index (χ2n) is 4.95. The van der Waals surface area contributed by atoms with Crippen LogP contribution >= 0.6 is 0 Å². The molecule has 3 atom stereocenters. The van der Waals surface area contributed by atoms with Gasteiger partial charge in [-0.3, -0.25) is 0 Å². The first-order valence-electron chi connectivity index (χ1n) is 5.66. The first-order valence-corrected chi connectivity index (χ1v) is 5.66. The Bertz CT molecular complexity index is 177. The van der Waals surface area contributed by atoms with Crippen LogP contribution in [0.5, 0.6) is 0 Å². The molecule has 2 heteroatoms. The van der Waals surface area contributed by atoms with Crippen LogP contribution in [0.15, 0.2) is 0 Å². The molecule has 0 aromatic rings. The molecule has 1 aliphatic heterocycles. The standard InChI is InChI=1S/C11H21NO/c1-9-4-2-6-11(13,8-9)10-5-3-7-12-10/h9-10,12-13H,2-8H2,1H3. The number of hydrogen-bond donors (Lipinski definition) is 2. The Morgan fingerprint density at radius 2 is 2.15 bits per heavy atom. The summed E-state index contributed by atoms with van der Waals surface area (Å²) >= 11 is 0. The smallest absolute Gasteiger partial charge is 0.0802 e. The largest absolute Gasteiger partial charge is 0.388 e. The maximum atomic E-state index is 10.5. The molecule has 2 aliphatic rings. The van der Waals surface area contributed by atoms with Gasteiger partial charge in [0.2, 0.25) is 0 Å². The van der Waals surface area contributed by atoms with Gasteiger partial charge in [0.25, 0.3) is 0 Å². The van der Waals surface area contributed by atoms with E-state index in [-0.39, 0.29) is 5.60 Å². The fourth-order valence-corrected chi connectivity index (χ4v) is 3.02. The Morgan fingerprint density at radius 1 is 1.31 bits per heavy atom. The molecule has 0 radical (unpaired) electrons. The summed E-state index contributed by atoms with van der Waals surface area (Å²) in [5, 5.41) is 13.9. The molecule has 2 fully saturated rings. The molecular formula is C11H21NO. The van der Waals surface area contributed by atoms with Crippen LogP contribution in [0.3, 0.4) is 0 Å². The van der Waals surface area contributed by atoms with E-state index in [0.29, 0.717) is 12.0 Å². The number of hydrogen-bond acceptors (Lipinski definition) is 2. The van der Waals surface area contributed by atoms with Gasteiger partial charge in [0.05, 0.1) is 5.60 Å². The van der Waals surface area contributed by atoms with Gasteiger partial charge in [0.15, 0.2) is 0 Å². The molecular weight excluding hydrogens is 162 g/mol. The summed E-state index contributed by atoms with van der Waals surface area (Å²) in [5.74, 6) is 0.709. The molecule has 0 aromatic heterocycles. The van der Waals surface area contributed by atoms with Crippen LogP contribution in [-0.4, -0.2) is 23.3 Å². The first kappa shape index (κ1) is 9.47. The van der Waals surface area contributed by atoms with Crippen molar-refractivity contribution >= 4 is 0 Å². The van der Waals surface area contributed by atoms with E-state index < -0.39 is 0 Å². The maximum Gasteiger partial charge on any atom is 0.0802 e. The monoisotopic (exact) mass is 183 g/mol. The molecule has 0 amide bonds. The van der Waals surface area contributed by atoms with Crippen LogP contribution in [0.25, 0.3) is 0 Å². The van der Waals surface area contributed by atoms with E-state index in [1.807, 2.05) is 0 Å². The summed E-state index contributed by atoms with van der Waals surface area (Å²) in [6.07, 6.45) is 6.93. The highest BCUT2D eigenvalue weighted by atomic mass is 16.3. The number of aliphatic hydroxyl groups is 1. The molecule has 1 saturated carbocycles. The van der Waals surface area contributed by atoms with Crippen LogP contribution in [0, 0.1) is 5.92 Å². The topological polar surface area (TPSA) is 32.3 Å². The zero-order valence-corrected chi connectivity index (χ0v) is 8.55. The van der Waals surface area contributed by atoms with Gasteiger partial charge in [-0.2, -0.15) is 0 Å². The molecule has 0 bridgehead atoms. The second kappa shape index (κ2) is 3.58. The van der Waals surface area contributed by atoms with E-state index in [9.17, 15) is 5.11 Å². The Morgan fingerprint density at radius 3 is 2.77 bits per heavy atom. The Kier molecular flexibility index (Phi) is 2.61. The zero-order valence-electron chi connectivity index (χ0n) is 8.55. The summed E-state index contributed by atoms with van der Waals surface area (Å²) in [5.41, 5.74) is -0.381. The Labute approximate surface area is 80.7 Å². The van der Waals surface area contributed by atoms with E-state index in [1.54, 1.807) is 0 Å². The number of rotatable bonds is 1. The minimum Gasteiger partial charge on any atom is -0.388 e. The Hall–Kier alpha value is -0.0800. The lowest BCUT2D eigenvalue weighted by molar-refractivity contribution is -0.0398. The predicted octanol–water partition coefficient (Wildman–Crippen LogP) is 1.68. The maximum absolute atomic E-state index is 10.5.